The molecule has 0 bridgehead atoms. The van der Waals surface area contributed by atoms with Crippen molar-refractivity contribution in [2.45, 2.75) is 57.8 Å². The zero-order chi connectivity index (χ0) is 13.4. The van der Waals surface area contributed by atoms with Crippen molar-refractivity contribution in [3.05, 3.63) is 0 Å². The first kappa shape index (κ1) is 14.3. The van der Waals surface area contributed by atoms with Gasteiger partial charge in [0.1, 0.15) is 0 Å². The molecule has 2 aliphatic rings. The predicted molar refractivity (Wildman–Crippen MR) is 71.9 cm³/mol. The van der Waals surface area contributed by atoms with E-state index in [9.17, 15) is 8.42 Å². The van der Waals surface area contributed by atoms with E-state index in [0.29, 0.717) is 19.7 Å². The summed E-state index contributed by atoms with van der Waals surface area (Å²) in [6, 6.07) is 0. The van der Waals surface area contributed by atoms with Crippen molar-refractivity contribution >= 4 is 10.0 Å². The van der Waals surface area contributed by atoms with Crippen LogP contribution in [0.1, 0.15) is 46.5 Å². The van der Waals surface area contributed by atoms with Crippen LogP contribution in [0.25, 0.3) is 0 Å². The van der Waals surface area contributed by atoms with Gasteiger partial charge in [0.25, 0.3) is 0 Å². The SMILES string of the molecule is CC(C)(C)C[C@H]1CN(S(=O)(=O)C2CCC2)CCO1. The number of morpholine rings is 1. The van der Waals surface area contributed by atoms with Crippen molar-refractivity contribution in [1.29, 1.82) is 0 Å². The second kappa shape index (κ2) is 5.10. The number of sulfonamides is 1. The van der Waals surface area contributed by atoms with Crippen LogP contribution in [0.5, 0.6) is 0 Å². The summed E-state index contributed by atoms with van der Waals surface area (Å²) in [6.07, 6.45) is 3.69. The number of rotatable bonds is 3. The van der Waals surface area contributed by atoms with Gasteiger partial charge in [0, 0.05) is 13.1 Å². The molecule has 1 saturated carbocycles. The molecule has 0 aromatic heterocycles. The molecule has 2 fully saturated rings. The normalized spacial score (nSPS) is 28.1. The molecule has 0 N–H and O–H groups in total. The molecule has 0 radical (unpaired) electrons. The second-order valence-electron chi connectivity index (χ2n) is 6.71. The molecule has 4 nitrogen and oxygen atoms in total. The highest BCUT2D eigenvalue weighted by molar-refractivity contribution is 7.89. The standard InChI is InChI=1S/C13H25NO3S/c1-13(2,3)9-11-10-14(7-8-17-11)18(15,16)12-5-4-6-12/h11-12H,4-10H2,1-3H3/t11-/m0/s1. The summed E-state index contributed by atoms with van der Waals surface area (Å²) in [5.41, 5.74) is 0.175. The molecule has 5 heteroatoms. The lowest BCUT2D eigenvalue weighted by Gasteiger charge is -2.38. The van der Waals surface area contributed by atoms with Crippen LogP contribution in [0.15, 0.2) is 0 Å². The lowest BCUT2D eigenvalue weighted by Crippen LogP contribution is -2.50. The molecular formula is C13H25NO3S. The van der Waals surface area contributed by atoms with E-state index in [0.717, 1.165) is 25.7 Å². The minimum Gasteiger partial charge on any atom is -0.375 e. The van der Waals surface area contributed by atoms with Gasteiger partial charge in [-0.1, -0.05) is 27.2 Å². The van der Waals surface area contributed by atoms with Crippen molar-refractivity contribution in [2.75, 3.05) is 19.7 Å². The van der Waals surface area contributed by atoms with Crippen molar-refractivity contribution in [1.82, 2.24) is 4.31 Å². The van der Waals surface area contributed by atoms with E-state index in [1.165, 1.54) is 0 Å². The van der Waals surface area contributed by atoms with E-state index in [1.54, 1.807) is 4.31 Å². The molecule has 0 unspecified atom stereocenters. The highest BCUT2D eigenvalue weighted by atomic mass is 32.2. The van der Waals surface area contributed by atoms with Gasteiger partial charge in [-0.05, 0) is 24.7 Å². The third kappa shape index (κ3) is 3.25. The number of ether oxygens (including phenoxy) is 1. The Morgan fingerprint density at radius 2 is 1.94 bits per heavy atom. The van der Waals surface area contributed by atoms with Crippen LogP contribution in [0.3, 0.4) is 0 Å². The summed E-state index contributed by atoms with van der Waals surface area (Å²) in [5, 5.41) is -0.120. The molecule has 0 aromatic rings. The fourth-order valence-corrected chi connectivity index (χ4v) is 4.66. The second-order valence-corrected chi connectivity index (χ2v) is 8.93. The molecule has 1 aliphatic carbocycles. The third-order valence-electron chi connectivity index (χ3n) is 3.77. The Kier molecular flexibility index (Phi) is 4.04. The Labute approximate surface area is 111 Å². The van der Waals surface area contributed by atoms with Crippen molar-refractivity contribution < 1.29 is 13.2 Å². The highest BCUT2D eigenvalue weighted by Crippen LogP contribution is 2.31. The third-order valence-corrected chi connectivity index (χ3v) is 6.14. The highest BCUT2D eigenvalue weighted by Gasteiger charge is 2.39. The fourth-order valence-electron chi connectivity index (χ4n) is 2.61. The molecule has 0 amide bonds. The van der Waals surface area contributed by atoms with E-state index < -0.39 is 10.0 Å². The summed E-state index contributed by atoms with van der Waals surface area (Å²) in [4.78, 5) is 0. The van der Waals surface area contributed by atoms with Crippen LogP contribution >= 0.6 is 0 Å². The van der Waals surface area contributed by atoms with Gasteiger partial charge >= 0.3 is 0 Å². The Morgan fingerprint density at radius 3 is 2.44 bits per heavy atom. The zero-order valence-corrected chi connectivity index (χ0v) is 12.5. The first-order valence-corrected chi connectivity index (χ1v) is 8.40. The average molecular weight is 275 g/mol. The predicted octanol–water partition coefficient (Wildman–Crippen LogP) is 2.01. The smallest absolute Gasteiger partial charge is 0.217 e. The number of nitrogens with zero attached hydrogens (tertiary/aromatic N) is 1. The molecule has 0 aromatic carbocycles. The van der Waals surface area contributed by atoms with E-state index in [2.05, 4.69) is 20.8 Å². The van der Waals surface area contributed by atoms with E-state index in [4.69, 9.17) is 4.74 Å². The minimum atomic E-state index is -3.06. The average Bonchev–Trinajstić information content (AvgIpc) is 2.11. The molecule has 1 heterocycles. The van der Waals surface area contributed by atoms with Crippen LogP contribution in [0, 0.1) is 5.41 Å². The van der Waals surface area contributed by atoms with E-state index in [-0.39, 0.29) is 16.8 Å². The van der Waals surface area contributed by atoms with Crippen LogP contribution in [0.4, 0.5) is 0 Å². The van der Waals surface area contributed by atoms with Gasteiger partial charge in [-0.3, -0.25) is 0 Å². The van der Waals surface area contributed by atoms with Gasteiger partial charge in [0.05, 0.1) is 18.0 Å². The topological polar surface area (TPSA) is 46.6 Å². The van der Waals surface area contributed by atoms with Gasteiger partial charge in [-0.15, -0.1) is 0 Å². The molecule has 2 rings (SSSR count). The Balaban J connectivity index is 1.98. The molecule has 0 spiro atoms. The van der Waals surface area contributed by atoms with Crippen LogP contribution in [-0.2, 0) is 14.8 Å². The molecule has 1 aliphatic heterocycles. The summed E-state index contributed by atoms with van der Waals surface area (Å²) >= 11 is 0. The van der Waals surface area contributed by atoms with Gasteiger partial charge < -0.3 is 4.74 Å². The van der Waals surface area contributed by atoms with Crippen LogP contribution in [0.2, 0.25) is 0 Å². The Morgan fingerprint density at radius 1 is 1.28 bits per heavy atom. The molecule has 18 heavy (non-hydrogen) atoms. The van der Waals surface area contributed by atoms with E-state index in [1.807, 2.05) is 0 Å². The van der Waals surface area contributed by atoms with Gasteiger partial charge in [0.15, 0.2) is 0 Å². The maximum Gasteiger partial charge on any atom is 0.217 e. The number of hydrogen-bond acceptors (Lipinski definition) is 3. The summed E-state index contributed by atoms with van der Waals surface area (Å²) < 4.78 is 32.1. The Hall–Kier alpha value is -0.130. The van der Waals surface area contributed by atoms with Crippen molar-refractivity contribution in [2.24, 2.45) is 5.41 Å². The zero-order valence-electron chi connectivity index (χ0n) is 11.7. The van der Waals surface area contributed by atoms with Gasteiger partial charge in [0.2, 0.25) is 10.0 Å². The maximum absolute atomic E-state index is 12.3. The van der Waals surface area contributed by atoms with Crippen LogP contribution < -0.4 is 0 Å². The minimum absolute atomic E-state index is 0.0496. The summed E-state index contributed by atoms with van der Waals surface area (Å²) in [7, 11) is -3.06. The Bertz CT molecular complexity index is 382. The fraction of sp³-hybridized carbons (Fsp3) is 1.00. The monoisotopic (exact) mass is 275 g/mol. The maximum atomic E-state index is 12.3. The first-order valence-electron chi connectivity index (χ1n) is 6.89. The van der Waals surface area contributed by atoms with Gasteiger partial charge in [-0.2, -0.15) is 4.31 Å². The van der Waals surface area contributed by atoms with Crippen molar-refractivity contribution in [3.8, 4) is 0 Å². The first-order chi connectivity index (χ1) is 8.29. The quantitative estimate of drug-likeness (QED) is 0.791. The molecule has 1 atom stereocenters. The molecule has 1 saturated heterocycles. The molecule has 106 valence electrons. The largest absolute Gasteiger partial charge is 0.375 e. The van der Waals surface area contributed by atoms with Crippen LogP contribution in [-0.4, -0.2) is 43.8 Å². The molecular weight excluding hydrogens is 250 g/mol. The van der Waals surface area contributed by atoms with Crippen molar-refractivity contribution in [3.63, 3.8) is 0 Å². The number of hydrogen-bond donors (Lipinski definition) is 0. The lowest BCUT2D eigenvalue weighted by molar-refractivity contribution is -0.0221. The lowest BCUT2D eigenvalue weighted by atomic mass is 9.89. The summed E-state index contributed by atoms with van der Waals surface area (Å²) in [5.74, 6) is 0. The van der Waals surface area contributed by atoms with E-state index >= 15 is 0 Å². The summed E-state index contributed by atoms with van der Waals surface area (Å²) in [6.45, 7) is 8.09. The van der Waals surface area contributed by atoms with Gasteiger partial charge in [-0.25, -0.2) is 8.42 Å².